The Morgan fingerprint density at radius 3 is 2.55 bits per heavy atom. The Bertz CT molecular complexity index is 599. The summed E-state index contributed by atoms with van der Waals surface area (Å²) in [5.41, 5.74) is 1.89. The Balaban J connectivity index is 1.70. The Morgan fingerprint density at radius 1 is 1.09 bits per heavy atom. The van der Waals surface area contributed by atoms with Gasteiger partial charge in [0.05, 0.1) is 0 Å². The highest BCUT2D eigenvalue weighted by molar-refractivity contribution is 5.79. The summed E-state index contributed by atoms with van der Waals surface area (Å²) in [7, 11) is 1.72. The van der Waals surface area contributed by atoms with Gasteiger partial charge in [0.25, 0.3) is 0 Å². The van der Waals surface area contributed by atoms with Crippen molar-refractivity contribution in [1.29, 1.82) is 0 Å². The molecule has 0 aliphatic heterocycles. The molecule has 0 radical (unpaired) electrons. The average molecular weight is 300 g/mol. The maximum atomic E-state index is 13.5. The number of nitrogens with one attached hydrogen (secondary N) is 2. The maximum Gasteiger partial charge on any atom is 0.190 e. The van der Waals surface area contributed by atoms with Gasteiger partial charge in [0.1, 0.15) is 5.82 Å². The van der Waals surface area contributed by atoms with E-state index >= 15 is 0 Å². The minimum atomic E-state index is -0.163. The summed E-state index contributed by atoms with van der Waals surface area (Å²) >= 11 is 0. The van der Waals surface area contributed by atoms with Crippen LogP contribution in [0.15, 0.2) is 53.8 Å². The van der Waals surface area contributed by atoms with Crippen LogP contribution in [-0.2, 0) is 12.8 Å². The quantitative estimate of drug-likeness (QED) is 0.635. The molecule has 116 valence electrons. The van der Waals surface area contributed by atoms with E-state index in [0.717, 1.165) is 18.9 Å². The van der Waals surface area contributed by atoms with Gasteiger partial charge < -0.3 is 10.6 Å². The van der Waals surface area contributed by atoms with E-state index in [4.69, 9.17) is 0 Å². The van der Waals surface area contributed by atoms with Crippen molar-refractivity contribution in [3.8, 4) is 0 Å². The predicted molar refractivity (Wildman–Crippen MR) is 87.4 cm³/mol. The molecular formula is C17H21FN4. The SMILES string of the molecule is CN=C(NCCc1cccnc1)NCCc1ccccc1F. The van der Waals surface area contributed by atoms with E-state index in [0.29, 0.717) is 18.5 Å². The van der Waals surface area contributed by atoms with Crippen molar-refractivity contribution in [3.05, 3.63) is 65.7 Å². The molecule has 4 nitrogen and oxygen atoms in total. The van der Waals surface area contributed by atoms with Gasteiger partial charge in [-0.3, -0.25) is 9.98 Å². The fourth-order valence-electron chi connectivity index (χ4n) is 2.11. The molecule has 2 N–H and O–H groups in total. The first-order chi connectivity index (χ1) is 10.8. The van der Waals surface area contributed by atoms with Gasteiger partial charge in [0, 0.05) is 32.5 Å². The molecule has 2 aromatic rings. The lowest BCUT2D eigenvalue weighted by Gasteiger charge is -2.12. The van der Waals surface area contributed by atoms with Gasteiger partial charge in [-0.15, -0.1) is 0 Å². The van der Waals surface area contributed by atoms with Crippen LogP contribution in [0.25, 0.3) is 0 Å². The topological polar surface area (TPSA) is 49.3 Å². The molecule has 1 aromatic heterocycles. The second kappa shape index (κ2) is 8.77. The lowest BCUT2D eigenvalue weighted by Crippen LogP contribution is -2.39. The molecule has 0 fully saturated rings. The van der Waals surface area contributed by atoms with E-state index in [-0.39, 0.29) is 5.82 Å². The first kappa shape index (κ1) is 15.9. The monoisotopic (exact) mass is 300 g/mol. The maximum absolute atomic E-state index is 13.5. The number of rotatable bonds is 6. The lowest BCUT2D eigenvalue weighted by molar-refractivity contribution is 0.606. The Hall–Kier alpha value is -2.43. The Labute approximate surface area is 130 Å². The van der Waals surface area contributed by atoms with Crippen molar-refractivity contribution in [2.45, 2.75) is 12.8 Å². The molecule has 0 aliphatic carbocycles. The van der Waals surface area contributed by atoms with Crippen LogP contribution in [0.5, 0.6) is 0 Å². The van der Waals surface area contributed by atoms with Gasteiger partial charge in [-0.1, -0.05) is 24.3 Å². The number of hydrogen-bond donors (Lipinski definition) is 2. The summed E-state index contributed by atoms with van der Waals surface area (Å²) in [6.45, 7) is 1.40. The molecular weight excluding hydrogens is 279 g/mol. The van der Waals surface area contributed by atoms with Crippen LogP contribution in [0.2, 0.25) is 0 Å². The van der Waals surface area contributed by atoms with Gasteiger partial charge in [-0.25, -0.2) is 4.39 Å². The Kier molecular flexibility index (Phi) is 6.36. The van der Waals surface area contributed by atoms with E-state index in [1.54, 1.807) is 25.4 Å². The average Bonchev–Trinajstić information content (AvgIpc) is 2.56. The summed E-state index contributed by atoms with van der Waals surface area (Å²) in [5.74, 6) is 0.559. The van der Waals surface area contributed by atoms with Crippen molar-refractivity contribution in [1.82, 2.24) is 15.6 Å². The summed E-state index contributed by atoms with van der Waals surface area (Å²) in [4.78, 5) is 8.24. The molecule has 0 spiro atoms. The second-order valence-electron chi connectivity index (χ2n) is 4.88. The number of aromatic nitrogens is 1. The number of guanidine groups is 1. The number of aliphatic imine (C=N–C) groups is 1. The molecule has 0 saturated carbocycles. The Morgan fingerprint density at radius 2 is 1.86 bits per heavy atom. The van der Waals surface area contributed by atoms with Crippen LogP contribution >= 0.6 is 0 Å². The van der Waals surface area contributed by atoms with E-state index in [9.17, 15) is 4.39 Å². The first-order valence-electron chi connectivity index (χ1n) is 7.36. The van der Waals surface area contributed by atoms with Crippen molar-refractivity contribution in [3.63, 3.8) is 0 Å². The van der Waals surface area contributed by atoms with Crippen molar-refractivity contribution < 1.29 is 4.39 Å². The van der Waals surface area contributed by atoms with Crippen molar-refractivity contribution in [2.24, 2.45) is 4.99 Å². The summed E-state index contributed by atoms with van der Waals surface area (Å²) in [6, 6.07) is 10.8. The van der Waals surface area contributed by atoms with Crippen molar-refractivity contribution >= 4 is 5.96 Å². The number of benzene rings is 1. The molecule has 5 heteroatoms. The number of nitrogens with zero attached hydrogens (tertiary/aromatic N) is 2. The van der Waals surface area contributed by atoms with Crippen molar-refractivity contribution in [2.75, 3.05) is 20.1 Å². The molecule has 1 heterocycles. The van der Waals surface area contributed by atoms with Crippen LogP contribution in [0, 0.1) is 5.82 Å². The molecule has 22 heavy (non-hydrogen) atoms. The molecule has 0 unspecified atom stereocenters. The van der Waals surface area contributed by atoms with Gasteiger partial charge in [0.15, 0.2) is 5.96 Å². The van der Waals surface area contributed by atoms with Crippen LogP contribution < -0.4 is 10.6 Å². The first-order valence-corrected chi connectivity index (χ1v) is 7.36. The molecule has 1 aromatic carbocycles. The highest BCUT2D eigenvalue weighted by Crippen LogP contribution is 2.06. The molecule has 0 bridgehead atoms. The summed E-state index contributed by atoms with van der Waals surface area (Å²) in [5, 5.41) is 6.42. The molecule has 0 saturated heterocycles. The minimum absolute atomic E-state index is 0.163. The standard InChI is InChI=1S/C17H21FN4/c1-19-17(21-11-8-14-5-4-10-20-13-14)22-12-9-15-6-2-3-7-16(15)18/h2-7,10,13H,8-9,11-12H2,1H3,(H2,19,21,22). The van der Waals surface area contributed by atoms with Crippen LogP contribution in [-0.4, -0.2) is 31.1 Å². The van der Waals surface area contributed by atoms with Gasteiger partial charge in [-0.05, 0) is 36.1 Å². The number of pyridine rings is 1. The van der Waals surface area contributed by atoms with Crippen LogP contribution in [0.4, 0.5) is 4.39 Å². The molecule has 2 rings (SSSR count). The third-order valence-corrected chi connectivity index (χ3v) is 3.30. The summed E-state index contributed by atoms with van der Waals surface area (Å²) < 4.78 is 13.5. The lowest BCUT2D eigenvalue weighted by atomic mass is 10.1. The van der Waals surface area contributed by atoms with E-state index in [2.05, 4.69) is 20.6 Å². The highest BCUT2D eigenvalue weighted by atomic mass is 19.1. The fourth-order valence-corrected chi connectivity index (χ4v) is 2.11. The second-order valence-corrected chi connectivity index (χ2v) is 4.88. The number of halogens is 1. The van der Waals surface area contributed by atoms with Crippen LogP contribution in [0.3, 0.4) is 0 Å². The van der Waals surface area contributed by atoms with Gasteiger partial charge in [0.2, 0.25) is 0 Å². The third-order valence-electron chi connectivity index (χ3n) is 3.30. The van der Waals surface area contributed by atoms with Gasteiger partial charge in [-0.2, -0.15) is 0 Å². The van der Waals surface area contributed by atoms with Crippen LogP contribution in [0.1, 0.15) is 11.1 Å². The predicted octanol–water partition coefficient (Wildman–Crippen LogP) is 2.17. The molecule has 0 atom stereocenters. The fraction of sp³-hybridized carbons (Fsp3) is 0.294. The highest BCUT2D eigenvalue weighted by Gasteiger charge is 2.02. The molecule has 0 amide bonds. The number of hydrogen-bond acceptors (Lipinski definition) is 2. The van der Waals surface area contributed by atoms with E-state index < -0.39 is 0 Å². The normalized spacial score (nSPS) is 11.3. The van der Waals surface area contributed by atoms with E-state index in [1.807, 2.05) is 24.4 Å². The molecule has 0 aliphatic rings. The third kappa shape index (κ3) is 5.16. The zero-order valence-corrected chi connectivity index (χ0v) is 12.7. The summed E-state index contributed by atoms with van der Waals surface area (Å²) in [6.07, 6.45) is 5.12. The minimum Gasteiger partial charge on any atom is -0.356 e. The smallest absolute Gasteiger partial charge is 0.190 e. The largest absolute Gasteiger partial charge is 0.356 e. The zero-order valence-electron chi connectivity index (χ0n) is 12.7. The zero-order chi connectivity index (χ0) is 15.6. The van der Waals surface area contributed by atoms with Gasteiger partial charge >= 0.3 is 0 Å². The van der Waals surface area contributed by atoms with E-state index in [1.165, 1.54) is 11.6 Å².